The molecule has 2 aromatic heterocycles. The molecule has 2 amide bonds. The fourth-order valence-corrected chi connectivity index (χ4v) is 8.43. The molecular weight excluding hydrogens is 611 g/mol. The lowest BCUT2D eigenvalue weighted by molar-refractivity contribution is 0.0582. The molecule has 0 unspecified atom stereocenters. The molecule has 1 N–H and O–H groups in total. The van der Waals surface area contributed by atoms with Crippen LogP contribution in [0, 0.1) is 17.2 Å². The third-order valence-electron chi connectivity index (χ3n) is 11.4. The van der Waals surface area contributed by atoms with Crippen LogP contribution in [0.5, 0.6) is 11.5 Å². The maximum atomic E-state index is 14.5. The summed E-state index contributed by atoms with van der Waals surface area (Å²) in [6.07, 6.45) is 15.5. The molecule has 1 aromatic carbocycles. The molecule has 3 saturated heterocycles. The summed E-state index contributed by atoms with van der Waals surface area (Å²) in [6, 6.07) is 4.66. The highest BCUT2D eigenvalue weighted by Gasteiger charge is 2.47. The molecule has 3 aliphatic heterocycles. The number of likely N-dealkylation sites (tertiary alicyclic amines) is 1. The van der Waals surface area contributed by atoms with Crippen LogP contribution in [0.3, 0.4) is 0 Å². The summed E-state index contributed by atoms with van der Waals surface area (Å²) >= 11 is 0. The summed E-state index contributed by atoms with van der Waals surface area (Å²) in [6.45, 7) is 7.30. The molecule has 0 radical (unpaired) electrons. The summed E-state index contributed by atoms with van der Waals surface area (Å²) in [5.41, 5.74) is 2.63. The second-order valence-electron chi connectivity index (χ2n) is 14.8. The number of carbonyl (C=O) groups is 1. The predicted octanol–water partition coefficient (Wildman–Crippen LogP) is 5.25. The number of aromatic nitrogens is 4. The van der Waals surface area contributed by atoms with Gasteiger partial charge in [-0.15, -0.1) is 0 Å². The Labute approximate surface area is 281 Å². The molecule has 0 atom stereocenters. The Morgan fingerprint density at radius 2 is 1.71 bits per heavy atom. The smallest absolute Gasteiger partial charge is 0.318 e. The fourth-order valence-electron chi connectivity index (χ4n) is 8.43. The summed E-state index contributed by atoms with van der Waals surface area (Å²) in [4.78, 5) is 37.1. The van der Waals surface area contributed by atoms with E-state index in [9.17, 15) is 9.18 Å². The average molecular weight is 657 g/mol. The van der Waals surface area contributed by atoms with Crippen molar-refractivity contribution in [2.24, 2.45) is 11.3 Å². The van der Waals surface area contributed by atoms with E-state index < -0.39 is 0 Å². The zero-order valence-corrected chi connectivity index (χ0v) is 27.7. The van der Waals surface area contributed by atoms with Crippen molar-refractivity contribution in [2.45, 2.75) is 62.8 Å². The van der Waals surface area contributed by atoms with Crippen LogP contribution in [0.15, 0.2) is 43.2 Å². The molecule has 2 spiro atoms. The van der Waals surface area contributed by atoms with E-state index in [-0.39, 0.29) is 22.8 Å². The van der Waals surface area contributed by atoms with Crippen molar-refractivity contribution >= 4 is 11.8 Å². The number of halogens is 1. The number of piperidine rings is 1. The van der Waals surface area contributed by atoms with Crippen molar-refractivity contribution in [3.05, 3.63) is 54.8 Å². The number of hydrogen-bond acceptors (Lipinski definition) is 9. The van der Waals surface area contributed by atoms with E-state index in [0.29, 0.717) is 42.0 Å². The fraction of sp³-hybridized carbons (Fsp3) is 0.583. The van der Waals surface area contributed by atoms with Gasteiger partial charge in [0.05, 0.1) is 24.0 Å². The van der Waals surface area contributed by atoms with E-state index >= 15 is 0 Å². The van der Waals surface area contributed by atoms with Crippen LogP contribution in [-0.2, 0) is 4.74 Å². The minimum Gasteiger partial charge on any atom is -0.451 e. The number of ether oxygens (including phenoxy) is 2. The molecule has 3 aromatic rings. The first kappa shape index (κ1) is 31.4. The Kier molecular flexibility index (Phi) is 8.40. The lowest BCUT2D eigenvalue weighted by Crippen LogP contribution is -2.61. The predicted molar refractivity (Wildman–Crippen MR) is 178 cm³/mol. The first-order valence-electron chi connectivity index (χ1n) is 17.5. The molecule has 8 rings (SSSR count). The number of nitrogens with one attached hydrogen (secondary N) is 1. The van der Waals surface area contributed by atoms with Gasteiger partial charge in [0.1, 0.15) is 24.2 Å². The summed E-state index contributed by atoms with van der Waals surface area (Å²) in [7, 11) is 1.68. The van der Waals surface area contributed by atoms with Crippen LogP contribution in [0.4, 0.5) is 15.0 Å². The van der Waals surface area contributed by atoms with Crippen LogP contribution in [0.25, 0.3) is 11.1 Å². The second-order valence-corrected chi connectivity index (χ2v) is 14.8. The number of amides is 2. The molecular formula is C36H45FN8O3. The van der Waals surface area contributed by atoms with Crippen molar-refractivity contribution in [3.63, 3.8) is 0 Å². The number of carbonyl (C=O) groups excluding carboxylic acids is 1. The summed E-state index contributed by atoms with van der Waals surface area (Å²) in [5.74, 6) is 2.62. The van der Waals surface area contributed by atoms with Crippen molar-refractivity contribution in [3.8, 4) is 22.6 Å². The molecule has 11 nitrogen and oxygen atoms in total. The van der Waals surface area contributed by atoms with Gasteiger partial charge in [-0.3, -0.25) is 0 Å². The van der Waals surface area contributed by atoms with Gasteiger partial charge in [0.2, 0.25) is 0 Å². The largest absolute Gasteiger partial charge is 0.451 e. The van der Waals surface area contributed by atoms with E-state index in [1.807, 2.05) is 4.90 Å². The van der Waals surface area contributed by atoms with Crippen molar-refractivity contribution < 1.29 is 18.7 Å². The Morgan fingerprint density at radius 1 is 0.938 bits per heavy atom. The first-order valence-corrected chi connectivity index (χ1v) is 17.5. The van der Waals surface area contributed by atoms with E-state index in [1.54, 1.807) is 38.2 Å². The number of anilines is 1. The van der Waals surface area contributed by atoms with E-state index in [2.05, 4.69) is 35.1 Å². The van der Waals surface area contributed by atoms with Gasteiger partial charge in [0.15, 0.2) is 11.6 Å². The number of hydrogen-bond donors (Lipinski definition) is 1. The lowest BCUT2D eigenvalue weighted by atomic mass is 9.71. The Bertz CT molecular complexity index is 1630. The maximum Gasteiger partial charge on any atom is 0.318 e. The van der Waals surface area contributed by atoms with E-state index in [1.165, 1.54) is 37.8 Å². The van der Waals surface area contributed by atoms with Crippen molar-refractivity contribution in [2.75, 3.05) is 64.4 Å². The zero-order chi connectivity index (χ0) is 32.7. The molecule has 2 saturated carbocycles. The van der Waals surface area contributed by atoms with Crippen LogP contribution < -0.4 is 15.0 Å². The van der Waals surface area contributed by atoms with Gasteiger partial charge in [-0.05, 0) is 88.6 Å². The summed E-state index contributed by atoms with van der Waals surface area (Å²) < 4.78 is 26.2. The lowest BCUT2D eigenvalue weighted by Gasteiger charge is -2.55. The molecule has 2 aliphatic carbocycles. The molecule has 0 bridgehead atoms. The standard InChI is InChI=1S/C36H45FN8O3/c1-47-15-14-44-22-36(42-34(44)46)8-6-25(7-9-36)19-43-12-10-35(11-13-43)20-45(21-35)33-31(18-39-24-41-33)48-30-5-4-27(37)16-28(30)29-17-38-23-40-32(29)26-2-3-26/h4-5,16-18,23-26H,2-3,6-15,19-22H2,1H3,(H,42,46). The number of benzene rings is 1. The topological polar surface area (TPSA) is 109 Å². The van der Waals surface area contributed by atoms with Crippen LogP contribution in [0.2, 0.25) is 0 Å². The highest BCUT2D eigenvalue weighted by atomic mass is 19.1. The van der Waals surface area contributed by atoms with Gasteiger partial charge >= 0.3 is 6.03 Å². The zero-order valence-electron chi connectivity index (χ0n) is 27.7. The van der Waals surface area contributed by atoms with Crippen LogP contribution >= 0.6 is 0 Å². The van der Waals surface area contributed by atoms with E-state index in [4.69, 9.17) is 9.47 Å². The minimum atomic E-state index is -0.330. The van der Waals surface area contributed by atoms with Crippen molar-refractivity contribution in [1.82, 2.24) is 35.1 Å². The first-order chi connectivity index (χ1) is 23.4. The summed E-state index contributed by atoms with van der Waals surface area (Å²) in [5, 5.41) is 3.31. The van der Waals surface area contributed by atoms with Gasteiger partial charge in [-0.2, -0.15) is 0 Å². The number of urea groups is 1. The Balaban J connectivity index is 0.862. The third kappa shape index (κ3) is 6.32. The van der Waals surface area contributed by atoms with Gasteiger partial charge < -0.3 is 29.5 Å². The van der Waals surface area contributed by atoms with Gasteiger partial charge in [0, 0.05) is 68.5 Å². The highest BCUT2D eigenvalue weighted by molar-refractivity contribution is 5.78. The molecule has 48 heavy (non-hydrogen) atoms. The van der Waals surface area contributed by atoms with Gasteiger partial charge in [0.25, 0.3) is 0 Å². The van der Waals surface area contributed by atoms with Gasteiger partial charge in [-0.25, -0.2) is 29.1 Å². The SMILES string of the molecule is COCCN1CC2(CCC(CN3CCC4(CC3)CN(c3ncncc3Oc3ccc(F)cc3-c3cncnc3C3CC3)C4)CC2)NC1=O. The van der Waals surface area contributed by atoms with Crippen LogP contribution in [-0.4, -0.2) is 101 Å². The second kappa shape index (κ2) is 12.9. The normalized spacial score (nSPS) is 25.4. The quantitative estimate of drug-likeness (QED) is 0.313. The third-order valence-corrected chi connectivity index (χ3v) is 11.4. The number of nitrogens with zero attached hydrogens (tertiary/aromatic N) is 7. The van der Waals surface area contributed by atoms with Crippen molar-refractivity contribution in [1.29, 1.82) is 0 Å². The molecule has 5 fully saturated rings. The molecule has 12 heteroatoms. The highest BCUT2D eigenvalue weighted by Crippen LogP contribution is 2.48. The average Bonchev–Trinajstić information content (AvgIpc) is 3.89. The molecule has 5 heterocycles. The molecule has 254 valence electrons. The van der Waals surface area contributed by atoms with Gasteiger partial charge in [-0.1, -0.05) is 0 Å². The van der Waals surface area contributed by atoms with Crippen LogP contribution in [0.1, 0.15) is 63.0 Å². The van der Waals surface area contributed by atoms with E-state index in [0.717, 1.165) is 82.0 Å². The Morgan fingerprint density at radius 3 is 2.48 bits per heavy atom. The minimum absolute atomic E-state index is 0.0555. The number of rotatable bonds is 10. The maximum absolute atomic E-state index is 14.5. The molecule has 5 aliphatic rings. The monoisotopic (exact) mass is 656 g/mol. The number of methoxy groups -OCH3 is 1. The Hall–Kier alpha value is -3.90.